The molecular formula is C9H13NO4S. The third kappa shape index (κ3) is 4.66. The number of phenolic OH excluding ortho intramolecular Hbond substituents is 1. The lowest BCUT2D eigenvalue weighted by molar-refractivity contribution is 0.477. The van der Waals surface area contributed by atoms with E-state index in [0.29, 0.717) is 12.2 Å². The Bertz CT molecular complexity index is 416. The minimum Gasteiger partial charge on any atom is -0.506 e. The Kier molecular flexibility index (Phi) is 3.93. The van der Waals surface area contributed by atoms with Crippen molar-refractivity contribution in [2.45, 2.75) is 6.42 Å². The van der Waals surface area contributed by atoms with Crippen molar-refractivity contribution in [3.63, 3.8) is 0 Å². The van der Waals surface area contributed by atoms with Crippen molar-refractivity contribution in [3.05, 3.63) is 24.3 Å². The molecule has 0 aliphatic heterocycles. The van der Waals surface area contributed by atoms with Gasteiger partial charge in [-0.3, -0.25) is 4.55 Å². The molecule has 1 aromatic rings. The molecule has 0 fully saturated rings. The van der Waals surface area contributed by atoms with Gasteiger partial charge in [-0.15, -0.1) is 0 Å². The Balaban J connectivity index is 2.36. The topological polar surface area (TPSA) is 86.6 Å². The first-order valence-electron chi connectivity index (χ1n) is 4.46. The number of hydrogen-bond donors (Lipinski definition) is 3. The normalized spacial score (nSPS) is 11.3. The molecule has 0 bridgehead atoms. The Hall–Kier alpha value is -1.27. The molecule has 0 radical (unpaired) electrons. The maximum atomic E-state index is 10.4. The summed E-state index contributed by atoms with van der Waals surface area (Å²) in [4.78, 5) is 0. The highest BCUT2D eigenvalue weighted by atomic mass is 32.2. The fourth-order valence-electron chi connectivity index (χ4n) is 1.10. The number of anilines is 1. The van der Waals surface area contributed by atoms with Crippen LogP contribution in [0.3, 0.4) is 0 Å². The molecule has 0 aliphatic carbocycles. The van der Waals surface area contributed by atoms with Crippen LogP contribution in [0.1, 0.15) is 6.42 Å². The average molecular weight is 231 g/mol. The molecule has 0 unspecified atom stereocenters. The molecule has 0 aromatic heterocycles. The van der Waals surface area contributed by atoms with Gasteiger partial charge >= 0.3 is 0 Å². The van der Waals surface area contributed by atoms with E-state index in [4.69, 9.17) is 4.55 Å². The number of para-hydroxylation sites is 2. The highest BCUT2D eigenvalue weighted by Crippen LogP contribution is 2.21. The van der Waals surface area contributed by atoms with Gasteiger partial charge in [0.15, 0.2) is 0 Å². The third-order valence-corrected chi connectivity index (χ3v) is 2.60. The van der Waals surface area contributed by atoms with Gasteiger partial charge in [0.05, 0.1) is 11.4 Å². The van der Waals surface area contributed by atoms with Crippen LogP contribution in [0.5, 0.6) is 5.75 Å². The largest absolute Gasteiger partial charge is 0.506 e. The second-order valence-electron chi connectivity index (χ2n) is 3.08. The summed E-state index contributed by atoms with van der Waals surface area (Å²) >= 11 is 0. The van der Waals surface area contributed by atoms with Crippen LogP contribution >= 0.6 is 0 Å². The molecule has 0 aliphatic rings. The third-order valence-electron chi connectivity index (χ3n) is 1.80. The second kappa shape index (κ2) is 4.99. The summed E-state index contributed by atoms with van der Waals surface area (Å²) in [5.41, 5.74) is 0.549. The number of hydrogen-bond acceptors (Lipinski definition) is 4. The maximum Gasteiger partial charge on any atom is 0.264 e. The summed E-state index contributed by atoms with van der Waals surface area (Å²) < 4.78 is 29.2. The first-order chi connectivity index (χ1) is 6.99. The molecule has 0 atom stereocenters. The first kappa shape index (κ1) is 11.8. The number of aromatic hydroxyl groups is 1. The molecule has 3 N–H and O–H groups in total. The fourth-order valence-corrected chi connectivity index (χ4v) is 1.61. The molecule has 1 aromatic carbocycles. The highest BCUT2D eigenvalue weighted by molar-refractivity contribution is 7.85. The van der Waals surface area contributed by atoms with E-state index in [1.165, 1.54) is 6.07 Å². The highest BCUT2D eigenvalue weighted by Gasteiger charge is 2.03. The lowest BCUT2D eigenvalue weighted by atomic mass is 10.3. The summed E-state index contributed by atoms with van der Waals surface area (Å²) in [5.74, 6) is -0.169. The first-order valence-corrected chi connectivity index (χ1v) is 6.07. The van der Waals surface area contributed by atoms with E-state index in [-0.39, 0.29) is 17.9 Å². The number of rotatable bonds is 5. The summed E-state index contributed by atoms with van der Waals surface area (Å²) in [6.45, 7) is 0.372. The van der Waals surface area contributed by atoms with Gasteiger partial charge in [-0.05, 0) is 18.6 Å². The zero-order valence-electron chi connectivity index (χ0n) is 8.05. The van der Waals surface area contributed by atoms with Crippen LogP contribution < -0.4 is 5.32 Å². The Morgan fingerprint density at radius 3 is 2.53 bits per heavy atom. The standard InChI is InChI=1S/C9H13NO4S/c11-9-5-2-1-4-8(9)10-6-3-7-15(12,13)14/h1-2,4-5,10-11H,3,6-7H2,(H,12,13,14). The molecule has 0 heterocycles. The number of phenols is 1. The summed E-state index contributed by atoms with van der Waals surface area (Å²) in [5, 5.41) is 12.2. The van der Waals surface area contributed by atoms with Crippen LogP contribution in [-0.4, -0.2) is 30.4 Å². The van der Waals surface area contributed by atoms with Crippen LogP contribution in [0.15, 0.2) is 24.3 Å². The van der Waals surface area contributed by atoms with Gasteiger partial charge in [-0.2, -0.15) is 8.42 Å². The van der Waals surface area contributed by atoms with E-state index in [1.54, 1.807) is 18.2 Å². The van der Waals surface area contributed by atoms with Crippen molar-refractivity contribution in [2.75, 3.05) is 17.6 Å². The van der Waals surface area contributed by atoms with E-state index >= 15 is 0 Å². The van der Waals surface area contributed by atoms with Gasteiger partial charge in [0.1, 0.15) is 5.75 Å². The molecule has 15 heavy (non-hydrogen) atoms. The Labute approximate surface area is 88.5 Å². The monoisotopic (exact) mass is 231 g/mol. The van der Waals surface area contributed by atoms with E-state index < -0.39 is 10.1 Å². The van der Waals surface area contributed by atoms with Crippen LogP contribution in [0.25, 0.3) is 0 Å². The molecule has 0 saturated heterocycles. The van der Waals surface area contributed by atoms with Gasteiger partial charge in [0, 0.05) is 6.54 Å². The van der Waals surface area contributed by atoms with Crippen LogP contribution in [0.4, 0.5) is 5.69 Å². The van der Waals surface area contributed by atoms with Crippen molar-refractivity contribution in [3.8, 4) is 5.75 Å². The van der Waals surface area contributed by atoms with Crippen LogP contribution in [0, 0.1) is 0 Å². The summed E-state index contributed by atoms with van der Waals surface area (Å²) in [6, 6.07) is 6.66. The van der Waals surface area contributed by atoms with Crippen LogP contribution in [0.2, 0.25) is 0 Å². The quantitative estimate of drug-likeness (QED) is 0.401. The average Bonchev–Trinajstić information content (AvgIpc) is 2.13. The molecule has 5 nitrogen and oxygen atoms in total. The lowest BCUT2D eigenvalue weighted by Crippen LogP contribution is -2.10. The van der Waals surface area contributed by atoms with Crippen molar-refractivity contribution >= 4 is 15.8 Å². The molecule has 84 valence electrons. The van der Waals surface area contributed by atoms with Crippen molar-refractivity contribution in [1.29, 1.82) is 0 Å². The van der Waals surface area contributed by atoms with Crippen molar-refractivity contribution < 1.29 is 18.1 Å². The zero-order valence-corrected chi connectivity index (χ0v) is 8.87. The van der Waals surface area contributed by atoms with Crippen molar-refractivity contribution in [1.82, 2.24) is 0 Å². The molecule has 6 heteroatoms. The molecule has 0 spiro atoms. The fraction of sp³-hybridized carbons (Fsp3) is 0.333. The second-order valence-corrected chi connectivity index (χ2v) is 4.66. The minimum absolute atomic E-state index is 0.115. The summed E-state index contributed by atoms with van der Waals surface area (Å²) in [7, 11) is -3.89. The predicted octanol–water partition coefficient (Wildman–Crippen LogP) is 1.08. The van der Waals surface area contributed by atoms with Gasteiger partial charge in [-0.1, -0.05) is 12.1 Å². The van der Waals surface area contributed by atoms with Crippen molar-refractivity contribution in [2.24, 2.45) is 0 Å². The Morgan fingerprint density at radius 2 is 1.93 bits per heavy atom. The SMILES string of the molecule is O=S(=O)(O)CCCNc1ccccc1O. The summed E-state index contributed by atoms with van der Waals surface area (Å²) in [6.07, 6.45) is 0.285. The van der Waals surface area contributed by atoms with E-state index in [2.05, 4.69) is 5.32 Å². The zero-order chi connectivity index (χ0) is 11.3. The van der Waals surface area contributed by atoms with Gasteiger partial charge in [0.25, 0.3) is 10.1 Å². The van der Waals surface area contributed by atoms with E-state index in [1.807, 2.05) is 0 Å². The smallest absolute Gasteiger partial charge is 0.264 e. The molecule has 1 rings (SSSR count). The van der Waals surface area contributed by atoms with E-state index in [9.17, 15) is 13.5 Å². The van der Waals surface area contributed by atoms with E-state index in [0.717, 1.165) is 0 Å². The molecule has 0 saturated carbocycles. The minimum atomic E-state index is -3.89. The lowest BCUT2D eigenvalue weighted by Gasteiger charge is -2.06. The van der Waals surface area contributed by atoms with Gasteiger partial charge < -0.3 is 10.4 Å². The number of nitrogens with one attached hydrogen (secondary N) is 1. The van der Waals surface area contributed by atoms with Gasteiger partial charge in [-0.25, -0.2) is 0 Å². The molecular weight excluding hydrogens is 218 g/mol. The maximum absolute atomic E-state index is 10.4. The predicted molar refractivity (Wildman–Crippen MR) is 57.6 cm³/mol. The van der Waals surface area contributed by atoms with Gasteiger partial charge in [0.2, 0.25) is 0 Å². The number of benzene rings is 1. The Morgan fingerprint density at radius 1 is 1.27 bits per heavy atom. The van der Waals surface area contributed by atoms with Crippen LogP contribution in [-0.2, 0) is 10.1 Å². The molecule has 0 amide bonds.